The maximum atomic E-state index is 9.47. The van der Waals surface area contributed by atoms with E-state index >= 15 is 0 Å². The number of aliphatic hydroxyl groups excluding tert-OH is 1. The largest absolute Gasteiger partial charge is 1.00 e. The van der Waals surface area contributed by atoms with E-state index in [4.69, 9.17) is 0 Å². The predicted molar refractivity (Wildman–Crippen MR) is 122 cm³/mol. The van der Waals surface area contributed by atoms with Gasteiger partial charge in [0.15, 0.2) is 0 Å². The Bertz CT molecular complexity index is 264. The van der Waals surface area contributed by atoms with Crippen molar-refractivity contribution in [2.24, 2.45) is 0 Å². The van der Waals surface area contributed by atoms with Crippen molar-refractivity contribution in [1.82, 2.24) is 0 Å². The van der Waals surface area contributed by atoms with Gasteiger partial charge in [-0.3, -0.25) is 0 Å². The van der Waals surface area contributed by atoms with Crippen LogP contribution in [0.5, 0.6) is 0 Å². The monoisotopic (exact) mass is 419 g/mol. The molecule has 0 aliphatic heterocycles. The number of halogens is 1. The highest BCUT2D eigenvalue weighted by atomic mass is 35.5. The summed E-state index contributed by atoms with van der Waals surface area (Å²) in [5.74, 6) is 0. The zero-order valence-electron chi connectivity index (χ0n) is 19.8. The van der Waals surface area contributed by atoms with Gasteiger partial charge in [0.05, 0.1) is 26.7 Å². The van der Waals surface area contributed by atoms with E-state index in [1.807, 2.05) is 0 Å². The van der Waals surface area contributed by atoms with Crippen molar-refractivity contribution in [3.8, 4) is 0 Å². The van der Waals surface area contributed by atoms with Crippen LogP contribution in [-0.2, 0) is 0 Å². The third kappa shape index (κ3) is 20.9. The van der Waals surface area contributed by atoms with Gasteiger partial charge < -0.3 is 22.0 Å². The Hall–Kier alpha value is 0.210. The highest BCUT2D eigenvalue weighted by molar-refractivity contribution is 4.50. The summed E-state index contributed by atoms with van der Waals surface area (Å²) in [6.07, 6.45) is 25.2. The normalized spacial score (nSPS) is 11.6. The molecule has 0 unspecified atom stereocenters. The molecule has 0 amide bonds. The van der Waals surface area contributed by atoms with E-state index in [9.17, 15) is 5.11 Å². The van der Waals surface area contributed by atoms with Gasteiger partial charge in [-0.1, -0.05) is 104 Å². The molecular formula is C25H54ClNO. The number of likely N-dealkylation sites (N-methyl/N-ethyl adjacent to an activating group) is 1. The number of unbranched alkanes of at least 4 members (excludes halogenated alkanes) is 16. The fourth-order valence-electron chi connectivity index (χ4n) is 4.19. The van der Waals surface area contributed by atoms with Crippen LogP contribution >= 0.6 is 0 Å². The fraction of sp³-hybridized carbons (Fsp3) is 1.00. The van der Waals surface area contributed by atoms with Gasteiger partial charge in [-0.2, -0.15) is 0 Å². The maximum Gasteiger partial charge on any atom is 0.102 e. The molecule has 0 atom stereocenters. The molecule has 172 valence electrons. The van der Waals surface area contributed by atoms with Crippen LogP contribution in [0, 0.1) is 0 Å². The lowest BCUT2D eigenvalue weighted by Gasteiger charge is -2.34. The Morgan fingerprint density at radius 3 is 1.04 bits per heavy atom. The molecule has 0 fully saturated rings. The number of aliphatic hydroxyl groups is 1. The third-order valence-corrected chi connectivity index (χ3v) is 6.24. The lowest BCUT2D eigenvalue weighted by molar-refractivity contribution is -0.910. The quantitative estimate of drug-likeness (QED) is 0.202. The highest BCUT2D eigenvalue weighted by Gasteiger charge is 2.19. The second-order valence-electron chi connectivity index (χ2n) is 9.17. The summed E-state index contributed by atoms with van der Waals surface area (Å²) in [7, 11) is 2.37. The van der Waals surface area contributed by atoms with Crippen molar-refractivity contribution in [2.75, 3.05) is 33.3 Å². The van der Waals surface area contributed by atoms with Crippen LogP contribution < -0.4 is 12.4 Å². The Morgan fingerprint density at radius 1 is 0.464 bits per heavy atom. The van der Waals surface area contributed by atoms with Crippen molar-refractivity contribution in [1.29, 1.82) is 0 Å². The minimum absolute atomic E-state index is 0. The molecule has 1 N–H and O–H groups in total. The van der Waals surface area contributed by atoms with Gasteiger partial charge in [-0.25, -0.2) is 0 Å². The first-order chi connectivity index (χ1) is 13.2. The molecule has 0 aliphatic carbocycles. The molecule has 0 aliphatic rings. The molecule has 28 heavy (non-hydrogen) atoms. The number of hydrogen-bond donors (Lipinski definition) is 1. The molecule has 2 nitrogen and oxygen atoms in total. The molecule has 0 aromatic rings. The van der Waals surface area contributed by atoms with Crippen LogP contribution in [0.3, 0.4) is 0 Å². The predicted octanol–water partition coefficient (Wildman–Crippen LogP) is 4.49. The van der Waals surface area contributed by atoms with E-state index in [1.54, 1.807) is 0 Å². The maximum absolute atomic E-state index is 9.47. The summed E-state index contributed by atoms with van der Waals surface area (Å²) in [6.45, 7) is 8.37. The fourth-order valence-corrected chi connectivity index (χ4v) is 4.19. The van der Waals surface area contributed by atoms with Crippen LogP contribution in [0.2, 0.25) is 0 Å². The smallest absolute Gasteiger partial charge is 0.102 e. The Morgan fingerprint density at radius 2 is 0.750 bits per heavy atom. The second-order valence-corrected chi connectivity index (χ2v) is 9.17. The van der Waals surface area contributed by atoms with Crippen LogP contribution in [0.15, 0.2) is 0 Å². The lowest BCUT2D eigenvalue weighted by atomic mass is 10.1. The first-order valence-electron chi connectivity index (χ1n) is 12.6. The molecular weight excluding hydrogens is 366 g/mol. The Labute approximate surface area is 184 Å². The van der Waals surface area contributed by atoms with Gasteiger partial charge >= 0.3 is 0 Å². The minimum atomic E-state index is 0. The van der Waals surface area contributed by atoms with E-state index in [0.29, 0.717) is 6.61 Å². The van der Waals surface area contributed by atoms with E-state index < -0.39 is 0 Å². The van der Waals surface area contributed by atoms with Crippen LogP contribution in [0.1, 0.15) is 129 Å². The summed E-state index contributed by atoms with van der Waals surface area (Å²) in [5, 5.41) is 9.47. The van der Waals surface area contributed by atoms with Crippen LogP contribution in [0.25, 0.3) is 0 Å². The van der Waals surface area contributed by atoms with Crippen molar-refractivity contribution >= 4 is 0 Å². The molecule has 0 radical (unpaired) electrons. The van der Waals surface area contributed by atoms with Gasteiger partial charge in [0.2, 0.25) is 0 Å². The SMILES string of the molecule is CCCCCCCCCCC[N+](C)(CCO)CCCCCCCCCCC.[Cl-]. The van der Waals surface area contributed by atoms with Gasteiger partial charge in [-0.05, 0) is 25.7 Å². The van der Waals surface area contributed by atoms with Crippen molar-refractivity contribution in [3.63, 3.8) is 0 Å². The molecule has 3 heteroatoms. The number of rotatable bonds is 22. The molecule has 0 aromatic carbocycles. The Balaban J connectivity index is 0. The minimum Gasteiger partial charge on any atom is -1.00 e. The zero-order valence-corrected chi connectivity index (χ0v) is 20.6. The third-order valence-electron chi connectivity index (χ3n) is 6.24. The van der Waals surface area contributed by atoms with E-state index in [1.165, 1.54) is 129 Å². The van der Waals surface area contributed by atoms with E-state index in [-0.39, 0.29) is 12.4 Å². The first kappa shape index (κ1) is 30.4. The van der Waals surface area contributed by atoms with Crippen molar-refractivity contribution in [2.45, 2.75) is 129 Å². The molecule has 0 saturated heterocycles. The standard InChI is InChI=1S/C25H54NO.ClH/c1-4-6-8-10-12-14-16-18-20-22-26(3,24-25-27)23-21-19-17-15-13-11-9-7-5-2;/h27H,4-25H2,1-3H3;1H/q+1;/p-1. The summed E-state index contributed by atoms with van der Waals surface area (Å²) < 4.78 is 1.09. The van der Waals surface area contributed by atoms with Gasteiger partial charge in [-0.15, -0.1) is 0 Å². The second kappa shape index (κ2) is 23.5. The van der Waals surface area contributed by atoms with E-state index in [0.717, 1.165) is 11.0 Å². The first-order valence-corrected chi connectivity index (χ1v) is 12.6. The molecule has 0 aromatic heterocycles. The van der Waals surface area contributed by atoms with Gasteiger partial charge in [0.1, 0.15) is 6.54 Å². The van der Waals surface area contributed by atoms with Crippen molar-refractivity contribution in [3.05, 3.63) is 0 Å². The Kier molecular flexibility index (Phi) is 25.5. The summed E-state index contributed by atoms with van der Waals surface area (Å²) >= 11 is 0. The topological polar surface area (TPSA) is 20.2 Å². The highest BCUT2D eigenvalue weighted by Crippen LogP contribution is 2.15. The van der Waals surface area contributed by atoms with Crippen LogP contribution in [0.4, 0.5) is 0 Å². The molecule has 0 rings (SSSR count). The number of quaternary nitrogens is 1. The lowest BCUT2D eigenvalue weighted by Crippen LogP contribution is -3.00. The van der Waals surface area contributed by atoms with Gasteiger partial charge in [0, 0.05) is 0 Å². The molecule has 0 bridgehead atoms. The number of hydrogen-bond acceptors (Lipinski definition) is 1. The number of nitrogens with zero attached hydrogens (tertiary/aromatic N) is 1. The molecule has 0 spiro atoms. The summed E-state index contributed by atoms with van der Waals surface area (Å²) in [5.41, 5.74) is 0. The summed E-state index contributed by atoms with van der Waals surface area (Å²) in [6, 6.07) is 0. The summed E-state index contributed by atoms with van der Waals surface area (Å²) in [4.78, 5) is 0. The van der Waals surface area contributed by atoms with E-state index in [2.05, 4.69) is 20.9 Å². The van der Waals surface area contributed by atoms with Gasteiger partial charge in [0.25, 0.3) is 0 Å². The average molecular weight is 420 g/mol. The zero-order chi connectivity index (χ0) is 20.1. The van der Waals surface area contributed by atoms with Crippen molar-refractivity contribution < 1.29 is 22.0 Å². The molecule has 0 saturated carbocycles. The molecule has 0 heterocycles. The van der Waals surface area contributed by atoms with Crippen LogP contribution in [-0.4, -0.2) is 42.9 Å². The average Bonchev–Trinajstić information content (AvgIpc) is 2.66.